The van der Waals surface area contributed by atoms with Crippen molar-refractivity contribution in [1.82, 2.24) is 10.6 Å². The number of urea groups is 1. The number of hydrogen-bond acceptors (Lipinski definition) is 1. The Balaban J connectivity index is 1.69. The van der Waals surface area contributed by atoms with Gasteiger partial charge in [0, 0.05) is 12.7 Å². The summed E-state index contributed by atoms with van der Waals surface area (Å²) in [5.74, 6) is -0.580. The van der Waals surface area contributed by atoms with E-state index in [0.29, 0.717) is 13.0 Å². The van der Waals surface area contributed by atoms with Crippen LogP contribution in [0.15, 0.2) is 54.7 Å². The van der Waals surface area contributed by atoms with Crippen LogP contribution in [0, 0.1) is 11.6 Å². The van der Waals surface area contributed by atoms with Crippen LogP contribution < -0.4 is 10.6 Å². The van der Waals surface area contributed by atoms with Gasteiger partial charge in [-0.15, -0.1) is 0 Å². The fourth-order valence-electron chi connectivity index (χ4n) is 1.81. The first-order valence-corrected chi connectivity index (χ1v) is 6.84. The number of carbonyl (C=O) groups excluding carboxylic acids is 1. The van der Waals surface area contributed by atoms with Crippen LogP contribution in [0.3, 0.4) is 0 Å². The van der Waals surface area contributed by atoms with Crippen molar-refractivity contribution in [3.63, 3.8) is 0 Å². The lowest BCUT2D eigenvalue weighted by atomic mass is 10.1. The van der Waals surface area contributed by atoms with Gasteiger partial charge in [0.05, 0.1) is 0 Å². The summed E-state index contributed by atoms with van der Waals surface area (Å²) in [6.45, 7) is 0.446. The van der Waals surface area contributed by atoms with Gasteiger partial charge in [-0.3, -0.25) is 0 Å². The van der Waals surface area contributed by atoms with Gasteiger partial charge in [-0.2, -0.15) is 0 Å². The number of amides is 2. The Kier molecular flexibility index (Phi) is 5.65. The molecule has 0 unspecified atom stereocenters. The Bertz CT molecular complexity index is 637. The van der Waals surface area contributed by atoms with E-state index in [1.165, 1.54) is 30.5 Å². The number of hydrogen-bond donors (Lipinski definition) is 2. The summed E-state index contributed by atoms with van der Waals surface area (Å²) < 4.78 is 25.4. The normalized spacial score (nSPS) is 10.6. The Hall–Kier alpha value is -2.69. The first-order chi connectivity index (χ1) is 10.6. The summed E-state index contributed by atoms with van der Waals surface area (Å²) >= 11 is 0. The SMILES string of the molecule is O=C(N/C=C/c1ccc(F)cc1)NCCc1ccc(F)cc1. The minimum absolute atomic E-state index is 0.277. The van der Waals surface area contributed by atoms with Crippen molar-refractivity contribution >= 4 is 12.1 Å². The van der Waals surface area contributed by atoms with E-state index in [1.807, 2.05) is 0 Å². The fourth-order valence-corrected chi connectivity index (χ4v) is 1.81. The molecule has 0 bridgehead atoms. The minimum Gasteiger partial charge on any atom is -0.338 e. The Labute approximate surface area is 127 Å². The molecule has 0 aromatic heterocycles. The largest absolute Gasteiger partial charge is 0.338 e. The van der Waals surface area contributed by atoms with Gasteiger partial charge in [-0.25, -0.2) is 13.6 Å². The average molecular weight is 302 g/mol. The molecule has 0 atom stereocenters. The fraction of sp³-hybridized carbons (Fsp3) is 0.118. The quantitative estimate of drug-likeness (QED) is 0.872. The van der Waals surface area contributed by atoms with E-state index in [2.05, 4.69) is 10.6 Å². The van der Waals surface area contributed by atoms with Gasteiger partial charge in [0.1, 0.15) is 11.6 Å². The third-order valence-electron chi connectivity index (χ3n) is 2.97. The predicted octanol–water partition coefficient (Wildman–Crippen LogP) is 3.48. The van der Waals surface area contributed by atoms with E-state index in [0.717, 1.165) is 11.1 Å². The number of rotatable bonds is 5. The first-order valence-electron chi connectivity index (χ1n) is 6.84. The third-order valence-corrected chi connectivity index (χ3v) is 2.97. The smallest absolute Gasteiger partial charge is 0.318 e. The lowest BCUT2D eigenvalue weighted by molar-refractivity contribution is 0.244. The molecule has 2 rings (SSSR count). The zero-order valence-electron chi connectivity index (χ0n) is 11.9. The molecule has 0 saturated heterocycles. The molecule has 0 heterocycles. The highest BCUT2D eigenvalue weighted by Crippen LogP contribution is 2.04. The van der Waals surface area contributed by atoms with Crippen LogP contribution in [-0.2, 0) is 6.42 Å². The summed E-state index contributed by atoms with van der Waals surface area (Å²) in [4.78, 5) is 11.5. The number of benzene rings is 2. The number of nitrogens with one attached hydrogen (secondary N) is 2. The summed E-state index contributed by atoms with van der Waals surface area (Å²) in [5, 5.41) is 5.24. The first kappa shape index (κ1) is 15.7. The van der Waals surface area contributed by atoms with Crippen molar-refractivity contribution in [2.45, 2.75) is 6.42 Å². The lowest BCUT2D eigenvalue weighted by Crippen LogP contribution is -2.33. The van der Waals surface area contributed by atoms with Crippen LogP contribution in [0.25, 0.3) is 6.08 Å². The monoisotopic (exact) mass is 302 g/mol. The van der Waals surface area contributed by atoms with Crippen molar-refractivity contribution < 1.29 is 13.6 Å². The molecule has 0 aliphatic heterocycles. The highest BCUT2D eigenvalue weighted by Gasteiger charge is 1.98. The molecule has 22 heavy (non-hydrogen) atoms. The van der Waals surface area contributed by atoms with Gasteiger partial charge in [0.15, 0.2) is 0 Å². The van der Waals surface area contributed by atoms with Gasteiger partial charge in [-0.1, -0.05) is 24.3 Å². The number of carbonyl (C=O) groups is 1. The van der Waals surface area contributed by atoms with E-state index < -0.39 is 0 Å². The Morgan fingerprint density at radius 3 is 2.18 bits per heavy atom. The average Bonchev–Trinajstić information content (AvgIpc) is 2.51. The molecule has 5 heteroatoms. The van der Waals surface area contributed by atoms with E-state index in [1.54, 1.807) is 30.3 Å². The molecule has 2 aromatic rings. The predicted molar refractivity (Wildman–Crippen MR) is 82.1 cm³/mol. The summed E-state index contributed by atoms with van der Waals surface area (Å²) in [6.07, 6.45) is 3.77. The molecule has 2 N–H and O–H groups in total. The van der Waals surface area contributed by atoms with E-state index in [-0.39, 0.29) is 17.7 Å². The van der Waals surface area contributed by atoms with Crippen LogP contribution in [-0.4, -0.2) is 12.6 Å². The third kappa shape index (κ3) is 5.36. The van der Waals surface area contributed by atoms with Gasteiger partial charge >= 0.3 is 6.03 Å². The maximum Gasteiger partial charge on any atom is 0.318 e. The molecular weight excluding hydrogens is 286 g/mol. The van der Waals surface area contributed by atoms with Crippen molar-refractivity contribution in [2.24, 2.45) is 0 Å². The van der Waals surface area contributed by atoms with Gasteiger partial charge < -0.3 is 10.6 Å². The molecule has 114 valence electrons. The van der Waals surface area contributed by atoms with Crippen LogP contribution >= 0.6 is 0 Å². The maximum atomic E-state index is 12.7. The standard InChI is InChI=1S/C17H16F2N2O/c18-15-5-1-13(2-6-15)9-11-20-17(22)21-12-10-14-3-7-16(19)8-4-14/h1-9,11H,10,12H2,(H2,20,21,22)/b11-9+. The van der Waals surface area contributed by atoms with E-state index in [9.17, 15) is 13.6 Å². The highest BCUT2D eigenvalue weighted by atomic mass is 19.1. The second-order valence-electron chi connectivity index (χ2n) is 4.66. The maximum absolute atomic E-state index is 12.7. The van der Waals surface area contributed by atoms with Crippen molar-refractivity contribution in [3.8, 4) is 0 Å². The molecule has 0 saturated carbocycles. The van der Waals surface area contributed by atoms with Crippen LogP contribution in [0.1, 0.15) is 11.1 Å². The van der Waals surface area contributed by atoms with Gasteiger partial charge in [0.2, 0.25) is 0 Å². The van der Waals surface area contributed by atoms with Crippen molar-refractivity contribution in [3.05, 3.63) is 77.5 Å². The highest BCUT2D eigenvalue weighted by molar-refractivity contribution is 5.75. The van der Waals surface area contributed by atoms with Crippen molar-refractivity contribution in [2.75, 3.05) is 6.54 Å². The van der Waals surface area contributed by atoms with Gasteiger partial charge in [-0.05, 0) is 47.9 Å². The number of halogens is 2. The second-order valence-corrected chi connectivity index (χ2v) is 4.66. The zero-order valence-corrected chi connectivity index (χ0v) is 11.9. The molecule has 2 aromatic carbocycles. The second kappa shape index (κ2) is 7.93. The molecule has 0 aliphatic rings. The van der Waals surface area contributed by atoms with Gasteiger partial charge in [0.25, 0.3) is 0 Å². The lowest BCUT2D eigenvalue weighted by Gasteiger charge is -2.04. The molecule has 2 amide bonds. The Morgan fingerprint density at radius 1 is 0.955 bits per heavy atom. The molecule has 0 radical (unpaired) electrons. The molecule has 0 spiro atoms. The van der Waals surface area contributed by atoms with Crippen molar-refractivity contribution in [1.29, 1.82) is 0 Å². The molecule has 0 aliphatic carbocycles. The van der Waals surface area contributed by atoms with Crippen LogP contribution in [0.5, 0.6) is 0 Å². The van der Waals surface area contributed by atoms with E-state index in [4.69, 9.17) is 0 Å². The Morgan fingerprint density at radius 2 is 1.55 bits per heavy atom. The summed E-state index contributed by atoms with van der Waals surface area (Å²) in [5.41, 5.74) is 1.73. The summed E-state index contributed by atoms with van der Waals surface area (Å²) in [7, 11) is 0. The molecular formula is C17H16F2N2O. The molecule has 3 nitrogen and oxygen atoms in total. The minimum atomic E-state index is -0.333. The topological polar surface area (TPSA) is 41.1 Å². The van der Waals surface area contributed by atoms with Crippen LogP contribution in [0.2, 0.25) is 0 Å². The molecule has 0 fully saturated rings. The van der Waals surface area contributed by atoms with Crippen LogP contribution in [0.4, 0.5) is 13.6 Å². The summed E-state index contributed by atoms with van der Waals surface area (Å²) in [6, 6.07) is 11.7. The van der Waals surface area contributed by atoms with E-state index >= 15 is 0 Å². The zero-order chi connectivity index (χ0) is 15.8.